The molecule has 0 saturated carbocycles. The minimum Gasteiger partial charge on any atom is -0.379 e. The van der Waals surface area contributed by atoms with Gasteiger partial charge in [0.15, 0.2) is 0 Å². The summed E-state index contributed by atoms with van der Waals surface area (Å²) in [5.74, 6) is -0.102. The summed E-state index contributed by atoms with van der Waals surface area (Å²) in [5, 5.41) is 6.30. The second-order valence-electron chi connectivity index (χ2n) is 6.62. The summed E-state index contributed by atoms with van der Waals surface area (Å²) in [5.41, 5.74) is 4.76. The highest BCUT2D eigenvalue weighted by Gasteiger charge is 2.11. The lowest BCUT2D eigenvalue weighted by molar-refractivity contribution is 0.0383. The van der Waals surface area contributed by atoms with E-state index in [1.54, 1.807) is 12.4 Å². The van der Waals surface area contributed by atoms with Gasteiger partial charge in [0.25, 0.3) is 5.91 Å². The molecule has 0 radical (unpaired) electrons. The predicted octanol–water partition coefficient (Wildman–Crippen LogP) is 2.50. The normalized spacial score (nSPS) is 14.8. The Kier molecular flexibility index (Phi) is 6.20. The molecule has 1 saturated heterocycles. The third-order valence-corrected chi connectivity index (χ3v) is 4.48. The van der Waals surface area contributed by atoms with Crippen molar-refractivity contribution in [2.45, 2.75) is 13.8 Å². The molecule has 1 aliphatic rings. The molecule has 1 amide bonds. The Hall–Kier alpha value is -2.44. The first-order valence-electron chi connectivity index (χ1n) is 8.99. The third kappa shape index (κ3) is 5.03. The van der Waals surface area contributed by atoms with Crippen molar-refractivity contribution < 1.29 is 9.53 Å². The van der Waals surface area contributed by atoms with E-state index in [9.17, 15) is 4.79 Å². The van der Waals surface area contributed by atoms with Crippen molar-refractivity contribution in [2.75, 3.05) is 44.7 Å². The minimum atomic E-state index is -0.102. The van der Waals surface area contributed by atoms with Crippen LogP contribution in [0.15, 0.2) is 36.7 Å². The van der Waals surface area contributed by atoms with Crippen molar-refractivity contribution in [3.05, 3.63) is 53.3 Å². The largest absolute Gasteiger partial charge is 0.379 e. The molecule has 2 N–H and O–H groups in total. The monoisotopic (exact) mass is 354 g/mol. The van der Waals surface area contributed by atoms with Crippen molar-refractivity contribution in [3.63, 3.8) is 0 Å². The molecule has 1 aromatic heterocycles. The molecule has 6 heteroatoms. The van der Waals surface area contributed by atoms with Crippen LogP contribution in [0.1, 0.15) is 21.5 Å². The van der Waals surface area contributed by atoms with E-state index in [0.717, 1.165) is 49.8 Å². The highest BCUT2D eigenvalue weighted by atomic mass is 16.5. The maximum Gasteiger partial charge on any atom is 0.252 e. The first kappa shape index (κ1) is 18.4. The van der Waals surface area contributed by atoms with E-state index in [1.165, 1.54) is 5.56 Å². The molecule has 0 aliphatic carbocycles. The van der Waals surface area contributed by atoms with Gasteiger partial charge in [0.05, 0.1) is 30.7 Å². The summed E-state index contributed by atoms with van der Waals surface area (Å²) in [4.78, 5) is 18.9. The number of rotatable bonds is 6. The van der Waals surface area contributed by atoms with Crippen LogP contribution >= 0.6 is 0 Å². The molecule has 138 valence electrons. The number of carbonyl (C=O) groups is 1. The molecule has 0 unspecified atom stereocenters. The van der Waals surface area contributed by atoms with Gasteiger partial charge in [-0.05, 0) is 31.5 Å². The average molecular weight is 354 g/mol. The van der Waals surface area contributed by atoms with Gasteiger partial charge in [-0.1, -0.05) is 17.7 Å². The number of morpholine rings is 1. The fraction of sp³-hybridized carbons (Fsp3) is 0.400. The Morgan fingerprint density at radius 2 is 2.00 bits per heavy atom. The molecular formula is C20H26N4O2. The average Bonchev–Trinajstić information content (AvgIpc) is 2.65. The number of hydrogen-bond acceptors (Lipinski definition) is 5. The summed E-state index contributed by atoms with van der Waals surface area (Å²) in [7, 11) is 0. The number of pyridine rings is 1. The van der Waals surface area contributed by atoms with Crippen molar-refractivity contribution in [1.29, 1.82) is 0 Å². The van der Waals surface area contributed by atoms with Crippen molar-refractivity contribution in [3.8, 4) is 0 Å². The van der Waals surface area contributed by atoms with Crippen LogP contribution in [0.5, 0.6) is 0 Å². The van der Waals surface area contributed by atoms with Gasteiger partial charge < -0.3 is 15.4 Å². The molecule has 2 heterocycles. The predicted molar refractivity (Wildman–Crippen MR) is 103 cm³/mol. The standard InChI is InChI=1S/C20H26N4O2/c1-15-3-4-19(16(2)11-15)23-18-12-17(13-21-14-18)20(25)22-5-6-24-7-9-26-10-8-24/h3-4,11-14,23H,5-10H2,1-2H3,(H,22,25). The molecule has 1 aliphatic heterocycles. The number of carbonyl (C=O) groups excluding carboxylic acids is 1. The second-order valence-corrected chi connectivity index (χ2v) is 6.62. The van der Waals surface area contributed by atoms with Crippen LogP contribution < -0.4 is 10.6 Å². The van der Waals surface area contributed by atoms with Gasteiger partial charge in [-0.2, -0.15) is 0 Å². The summed E-state index contributed by atoms with van der Waals surface area (Å²) >= 11 is 0. The summed E-state index contributed by atoms with van der Waals surface area (Å²) in [6.07, 6.45) is 3.32. The molecule has 26 heavy (non-hydrogen) atoms. The number of amides is 1. The van der Waals surface area contributed by atoms with E-state index < -0.39 is 0 Å². The van der Waals surface area contributed by atoms with E-state index in [0.29, 0.717) is 12.1 Å². The lowest BCUT2D eigenvalue weighted by Gasteiger charge is -2.26. The van der Waals surface area contributed by atoms with Crippen molar-refractivity contribution in [2.24, 2.45) is 0 Å². The smallest absolute Gasteiger partial charge is 0.252 e. The number of aryl methyl sites for hydroxylation is 2. The second kappa shape index (κ2) is 8.78. The van der Waals surface area contributed by atoms with Gasteiger partial charge >= 0.3 is 0 Å². The molecule has 0 spiro atoms. The van der Waals surface area contributed by atoms with Crippen LogP contribution in [0.4, 0.5) is 11.4 Å². The van der Waals surface area contributed by atoms with E-state index in [1.807, 2.05) is 12.1 Å². The zero-order chi connectivity index (χ0) is 18.4. The first-order chi connectivity index (χ1) is 12.6. The van der Waals surface area contributed by atoms with Crippen LogP contribution in [-0.4, -0.2) is 55.2 Å². The highest BCUT2D eigenvalue weighted by Crippen LogP contribution is 2.21. The Balaban J connectivity index is 1.56. The lowest BCUT2D eigenvalue weighted by atomic mass is 10.1. The van der Waals surface area contributed by atoms with Crippen LogP contribution in [0.25, 0.3) is 0 Å². The molecule has 6 nitrogen and oxygen atoms in total. The number of hydrogen-bond donors (Lipinski definition) is 2. The summed E-state index contributed by atoms with van der Waals surface area (Å²) in [6, 6.07) is 8.05. The first-order valence-corrected chi connectivity index (χ1v) is 8.99. The molecule has 2 aromatic rings. The quantitative estimate of drug-likeness (QED) is 0.834. The van der Waals surface area contributed by atoms with Gasteiger partial charge in [0, 0.05) is 38.1 Å². The highest BCUT2D eigenvalue weighted by molar-refractivity contribution is 5.94. The molecule has 3 rings (SSSR count). The van der Waals surface area contributed by atoms with Crippen LogP contribution in [0, 0.1) is 13.8 Å². The van der Waals surface area contributed by atoms with E-state index in [4.69, 9.17) is 4.74 Å². The maximum absolute atomic E-state index is 12.4. The van der Waals surface area contributed by atoms with Gasteiger partial charge in [-0.25, -0.2) is 0 Å². The lowest BCUT2D eigenvalue weighted by Crippen LogP contribution is -2.41. The summed E-state index contributed by atoms with van der Waals surface area (Å²) in [6.45, 7) is 8.97. The Morgan fingerprint density at radius 3 is 2.77 bits per heavy atom. The molecule has 1 aromatic carbocycles. The van der Waals surface area contributed by atoms with Crippen molar-refractivity contribution >= 4 is 17.3 Å². The van der Waals surface area contributed by atoms with E-state index in [2.05, 4.69) is 46.5 Å². The van der Waals surface area contributed by atoms with Gasteiger partial charge in [-0.3, -0.25) is 14.7 Å². The Bertz CT molecular complexity index is 757. The Labute approximate surface area is 154 Å². The van der Waals surface area contributed by atoms with Crippen LogP contribution in [-0.2, 0) is 4.74 Å². The fourth-order valence-corrected chi connectivity index (χ4v) is 3.00. The number of anilines is 2. The minimum absolute atomic E-state index is 0.102. The number of aromatic nitrogens is 1. The SMILES string of the molecule is Cc1ccc(Nc2cncc(C(=O)NCCN3CCOCC3)c2)c(C)c1. The fourth-order valence-electron chi connectivity index (χ4n) is 3.00. The molecule has 1 fully saturated rings. The number of nitrogens with one attached hydrogen (secondary N) is 2. The zero-order valence-corrected chi connectivity index (χ0v) is 15.4. The summed E-state index contributed by atoms with van der Waals surface area (Å²) < 4.78 is 5.33. The topological polar surface area (TPSA) is 66.5 Å². The van der Waals surface area contributed by atoms with Gasteiger partial charge in [-0.15, -0.1) is 0 Å². The van der Waals surface area contributed by atoms with E-state index in [-0.39, 0.29) is 5.91 Å². The number of nitrogens with zero attached hydrogens (tertiary/aromatic N) is 2. The van der Waals surface area contributed by atoms with Crippen molar-refractivity contribution in [1.82, 2.24) is 15.2 Å². The molecule has 0 bridgehead atoms. The van der Waals surface area contributed by atoms with Gasteiger partial charge in [0.1, 0.15) is 0 Å². The van der Waals surface area contributed by atoms with Crippen LogP contribution in [0.3, 0.4) is 0 Å². The maximum atomic E-state index is 12.4. The third-order valence-electron chi connectivity index (χ3n) is 4.48. The molecular weight excluding hydrogens is 328 g/mol. The van der Waals surface area contributed by atoms with Crippen LogP contribution in [0.2, 0.25) is 0 Å². The number of ether oxygens (including phenoxy) is 1. The van der Waals surface area contributed by atoms with E-state index >= 15 is 0 Å². The van der Waals surface area contributed by atoms with Gasteiger partial charge in [0.2, 0.25) is 0 Å². The number of benzene rings is 1. The molecule has 0 atom stereocenters. The Morgan fingerprint density at radius 1 is 1.19 bits per heavy atom. The zero-order valence-electron chi connectivity index (χ0n) is 15.4.